The first-order valence-electron chi connectivity index (χ1n) is 10.3. The molecule has 0 bridgehead atoms. The van der Waals surface area contributed by atoms with Gasteiger partial charge < -0.3 is 20.3 Å². The molecule has 0 radical (unpaired) electrons. The van der Waals surface area contributed by atoms with Crippen LogP contribution in [0.5, 0.6) is 5.75 Å². The lowest BCUT2D eigenvalue weighted by Gasteiger charge is -2.35. The Morgan fingerprint density at radius 3 is 2.31 bits per heavy atom. The van der Waals surface area contributed by atoms with Crippen LogP contribution in [0.4, 0.5) is 5.69 Å². The number of rotatable bonds is 8. The summed E-state index contributed by atoms with van der Waals surface area (Å²) < 4.78 is 5.97. The van der Waals surface area contributed by atoms with E-state index in [2.05, 4.69) is 10.6 Å². The highest BCUT2D eigenvalue weighted by Crippen LogP contribution is 2.35. The molecule has 164 valence electrons. The van der Waals surface area contributed by atoms with Crippen molar-refractivity contribution in [2.24, 2.45) is 0 Å². The standard InChI is InChI=1S/C25H24N2O5/c28-18-11-12-20-19(14-18)22(26-21(25(30)31)13-16-7-3-1-4-8-16)23(24(29)27-20)32-15-17-9-5-2-6-10-17/h1-12,14,21-23,26,28H,13,15H2,(H,27,29)(H,30,31). The number of anilines is 1. The molecular weight excluding hydrogens is 408 g/mol. The van der Waals surface area contributed by atoms with Crippen LogP contribution in [-0.2, 0) is 27.4 Å². The van der Waals surface area contributed by atoms with Crippen LogP contribution in [0.2, 0.25) is 0 Å². The number of aromatic hydroxyl groups is 1. The molecule has 0 saturated carbocycles. The number of hydrogen-bond donors (Lipinski definition) is 4. The number of amides is 1. The zero-order valence-corrected chi connectivity index (χ0v) is 17.3. The average molecular weight is 432 g/mol. The van der Waals surface area contributed by atoms with Gasteiger partial charge >= 0.3 is 5.97 Å². The van der Waals surface area contributed by atoms with Crippen LogP contribution in [0.1, 0.15) is 22.7 Å². The number of aliphatic carboxylic acids is 1. The molecule has 3 aromatic carbocycles. The minimum atomic E-state index is -1.04. The normalized spacial score (nSPS) is 18.4. The van der Waals surface area contributed by atoms with Gasteiger partial charge in [-0.2, -0.15) is 0 Å². The molecule has 1 aliphatic rings. The Hall–Kier alpha value is -3.68. The van der Waals surface area contributed by atoms with Gasteiger partial charge in [0.25, 0.3) is 5.91 Å². The van der Waals surface area contributed by atoms with Crippen molar-refractivity contribution in [3.63, 3.8) is 0 Å². The number of carbonyl (C=O) groups is 2. The highest BCUT2D eigenvalue weighted by molar-refractivity contribution is 5.98. The van der Waals surface area contributed by atoms with Gasteiger partial charge in [-0.25, -0.2) is 0 Å². The second-order valence-corrected chi connectivity index (χ2v) is 7.70. The maximum absolute atomic E-state index is 12.9. The fraction of sp³-hybridized carbons (Fsp3) is 0.200. The molecule has 32 heavy (non-hydrogen) atoms. The molecule has 1 heterocycles. The number of nitrogens with one attached hydrogen (secondary N) is 2. The molecule has 0 aromatic heterocycles. The summed E-state index contributed by atoms with van der Waals surface area (Å²) in [5.41, 5.74) is 2.82. The molecule has 7 nitrogen and oxygen atoms in total. The van der Waals surface area contributed by atoms with E-state index >= 15 is 0 Å². The van der Waals surface area contributed by atoms with Crippen molar-refractivity contribution in [2.75, 3.05) is 5.32 Å². The second-order valence-electron chi connectivity index (χ2n) is 7.70. The van der Waals surface area contributed by atoms with E-state index in [-0.39, 0.29) is 24.7 Å². The number of fused-ring (bicyclic) bond motifs is 1. The molecule has 0 spiro atoms. The fourth-order valence-corrected chi connectivity index (χ4v) is 3.83. The number of carboxylic acid groups (broad SMARTS) is 1. The number of carbonyl (C=O) groups excluding carboxylic acids is 1. The summed E-state index contributed by atoms with van der Waals surface area (Å²) in [5.74, 6) is -1.40. The largest absolute Gasteiger partial charge is 0.508 e. The Kier molecular flexibility index (Phi) is 6.49. The predicted molar refractivity (Wildman–Crippen MR) is 119 cm³/mol. The SMILES string of the molecule is O=C(O)C(Cc1ccccc1)NC1c2cc(O)ccc2NC(=O)C1OCc1ccccc1. The van der Waals surface area contributed by atoms with Crippen LogP contribution < -0.4 is 10.6 Å². The zero-order valence-electron chi connectivity index (χ0n) is 17.3. The molecule has 4 rings (SSSR count). The number of hydrogen-bond acceptors (Lipinski definition) is 5. The highest BCUT2D eigenvalue weighted by Gasteiger charge is 2.39. The van der Waals surface area contributed by atoms with Gasteiger partial charge in [0.15, 0.2) is 6.10 Å². The van der Waals surface area contributed by atoms with Crippen LogP contribution in [0, 0.1) is 0 Å². The number of phenolic OH excluding ortho intramolecular Hbond substituents is 1. The van der Waals surface area contributed by atoms with Crippen molar-refractivity contribution in [3.05, 3.63) is 95.6 Å². The Balaban J connectivity index is 1.63. The van der Waals surface area contributed by atoms with Crippen LogP contribution in [0.15, 0.2) is 78.9 Å². The maximum atomic E-state index is 12.9. The summed E-state index contributed by atoms with van der Waals surface area (Å²) >= 11 is 0. The van der Waals surface area contributed by atoms with E-state index in [4.69, 9.17) is 4.74 Å². The summed E-state index contributed by atoms with van der Waals surface area (Å²) in [6, 6.07) is 21.6. The summed E-state index contributed by atoms with van der Waals surface area (Å²) in [4.78, 5) is 25.0. The lowest BCUT2D eigenvalue weighted by molar-refractivity contribution is -0.141. The van der Waals surface area contributed by atoms with Crippen molar-refractivity contribution in [1.82, 2.24) is 5.32 Å². The monoisotopic (exact) mass is 432 g/mol. The zero-order chi connectivity index (χ0) is 22.5. The third-order valence-corrected chi connectivity index (χ3v) is 5.42. The molecular formula is C25H24N2O5. The average Bonchev–Trinajstić information content (AvgIpc) is 2.80. The molecule has 4 N–H and O–H groups in total. The molecule has 0 fully saturated rings. The van der Waals surface area contributed by atoms with Gasteiger partial charge in [-0.3, -0.25) is 14.9 Å². The minimum absolute atomic E-state index is 0.0171. The van der Waals surface area contributed by atoms with Gasteiger partial charge in [-0.1, -0.05) is 60.7 Å². The van der Waals surface area contributed by atoms with Gasteiger partial charge in [0, 0.05) is 5.69 Å². The molecule has 0 saturated heterocycles. The predicted octanol–water partition coefficient (Wildman–Crippen LogP) is 3.26. The third-order valence-electron chi connectivity index (χ3n) is 5.42. The molecule has 3 atom stereocenters. The van der Waals surface area contributed by atoms with Gasteiger partial charge in [-0.15, -0.1) is 0 Å². The Labute approximate surface area is 185 Å². The number of benzene rings is 3. The second kappa shape index (κ2) is 9.64. The van der Waals surface area contributed by atoms with Crippen molar-refractivity contribution < 1.29 is 24.5 Å². The number of phenols is 1. The van der Waals surface area contributed by atoms with Gasteiger partial charge in [0.2, 0.25) is 0 Å². The van der Waals surface area contributed by atoms with E-state index in [1.54, 1.807) is 6.07 Å². The van der Waals surface area contributed by atoms with E-state index in [0.717, 1.165) is 11.1 Å². The van der Waals surface area contributed by atoms with E-state index in [1.807, 2.05) is 60.7 Å². The smallest absolute Gasteiger partial charge is 0.321 e. The van der Waals surface area contributed by atoms with Crippen LogP contribution in [-0.4, -0.2) is 34.2 Å². The van der Waals surface area contributed by atoms with Crippen LogP contribution >= 0.6 is 0 Å². The Bertz CT molecular complexity index is 1090. The first-order valence-corrected chi connectivity index (χ1v) is 10.3. The van der Waals surface area contributed by atoms with Gasteiger partial charge in [0.05, 0.1) is 12.6 Å². The summed E-state index contributed by atoms with van der Waals surface area (Å²) in [5, 5.41) is 25.8. The first kappa shape index (κ1) is 21.5. The molecule has 0 aliphatic carbocycles. The first-order chi connectivity index (χ1) is 15.5. The Morgan fingerprint density at radius 2 is 1.66 bits per heavy atom. The fourth-order valence-electron chi connectivity index (χ4n) is 3.83. The summed E-state index contributed by atoms with van der Waals surface area (Å²) in [6.45, 7) is 0.182. The lowest BCUT2D eigenvalue weighted by Crippen LogP contribution is -2.51. The third kappa shape index (κ3) is 4.96. The maximum Gasteiger partial charge on any atom is 0.321 e. The highest BCUT2D eigenvalue weighted by atomic mass is 16.5. The van der Waals surface area contributed by atoms with Crippen LogP contribution in [0.3, 0.4) is 0 Å². The quantitative estimate of drug-likeness (QED) is 0.407. The van der Waals surface area contributed by atoms with Crippen molar-refractivity contribution in [1.29, 1.82) is 0 Å². The van der Waals surface area contributed by atoms with Crippen LogP contribution in [0.25, 0.3) is 0 Å². The van der Waals surface area contributed by atoms with Gasteiger partial charge in [0.1, 0.15) is 11.8 Å². The van der Waals surface area contributed by atoms with E-state index < -0.39 is 24.2 Å². The Morgan fingerprint density at radius 1 is 1.00 bits per heavy atom. The molecule has 7 heteroatoms. The lowest BCUT2D eigenvalue weighted by atomic mass is 9.92. The summed E-state index contributed by atoms with van der Waals surface area (Å²) in [7, 11) is 0. The molecule has 1 amide bonds. The van der Waals surface area contributed by atoms with Crippen molar-refractivity contribution in [2.45, 2.75) is 31.2 Å². The molecule has 1 aliphatic heterocycles. The summed E-state index contributed by atoms with van der Waals surface area (Å²) in [6.07, 6.45) is -0.754. The van der Waals surface area contributed by atoms with Gasteiger partial charge in [-0.05, 0) is 41.3 Å². The van der Waals surface area contributed by atoms with E-state index in [0.29, 0.717) is 11.3 Å². The van der Waals surface area contributed by atoms with E-state index in [1.165, 1.54) is 12.1 Å². The minimum Gasteiger partial charge on any atom is -0.508 e. The number of carboxylic acids is 1. The van der Waals surface area contributed by atoms with Crippen molar-refractivity contribution in [3.8, 4) is 5.75 Å². The van der Waals surface area contributed by atoms with Crippen molar-refractivity contribution >= 4 is 17.6 Å². The molecule has 3 unspecified atom stereocenters. The number of ether oxygens (including phenoxy) is 1. The topological polar surface area (TPSA) is 108 Å². The van der Waals surface area contributed by atoms with E-state index in [9.17, 15) is 19.8 Å². The molecule has 3 aromatic rings.